The largest absolute Gasteiger partial charge is 0.496 e. The van der Waals surface area contributed by atoms with Crippen molar-refractivity contribution in [1.29, 1.82) is 0 Å². The number of halogens is 1. The topological polar surface area (TPSA) is 29.5 Å². The maximum absolute atomic E-state index is 12.0. The van der Waals surface area contributed by atoms with Crippen molar-refractivity contribution in [3.05, 3.63) is 28.3 Å². The van der Waals surface area contributed by atoms with Crippen molar-refractivity contribution in [1.82, 2.24) is 4.90 Å². The van der Waals surface area contributed by atoms with Gasteiger partial charge < -0.3 is 9.64 Å². The molecule has 0 saturated carbocycles. The van der Waals surface area contributed by atoms with E-state index in [1.807, 2.05) is 12.1 Å². The van der Waals surface area contributed by atoms with Gasteiger partial charge in [-0.05, 0) is 44.2 Å². The summed E-state index contributed by atoms with van der Waals surface area (Å²) >= 11 is 6.36. The van der Waals surface area contributed by atoms with E-state index in [-0.39, 0.29) is 11.9 Å². The van der Waals surface area contributed by atoms with Gasteiger partial charge in [-0.3, -0.25) is 4.79 Å². The van der Waals surface area contributed by atoms with Crippen LogP contribution in [0.1, 0.15) is 36.9 Å². The Morgan fingerprint density at radius 2 is 2.25 bits per heavy atom. The normalized spacial score (nSPS) is 16.7. The van der Waals surface area contributed by atoms with Crippen LogP contribution >= 0.6 is 11.6 Å². The molecule has 0 radical (unpaired) electrons. The average Bonchev–Trinajstić information content (AvgIpc) is 2.46. The fraction of sp³-hybridized carbons (Fsp3) is 0.438. The number of hydrogen-bond donors (Lipinski definition) is 0. The first-order valence-electron chi connectivity index (χ1n) is 6.65. The zero-order valence-corrected chi connectivity index (χ0v) is 12.8. The first-order valence-corrected chi connectivity index (χ1v) is 7.02. The van der Waals surface area contributed by atoms with Crippen molar-refractivity contribution in [3.8, 4) is 17.6 Å². The molecule has 1 aromatic rings. The summed E-state index contributed by atoms with van der Waals surface area (Å²) in [7, 11) is 3.44. The summed E-state index contributed by atoms with van der Waals surface area (Å²) in [6.45, 7) is 1.66. The minimum Gasteiger partial charge on any atom is -0.496 e. The molecule has 4 heteroatoms. The van der Waals surface area contributed by atoms with Crippen molar-refractivity contribution in [2.24, 2.45) is 0 Å². The molecule has 0 bridgehead atoms. The highest BCUT2D eigenvalue weighted by Crippen LogP contribution is 2.42. The molecule has 1 aliphatic carbocycles. The number of hydrogen-bond acceptors (Lipinski definition) is 2. The highest BCUT2D eigenvalue weighted by Gasteiger charge is 2.30. The van der Waals surface area contributed by atoms with Crippen molar-refractivity contribution in [2.45, 2.75) is 32.2 Å². The van der Waals surface area contributed by atoms with Crippen LogP contribution < -0.4 is 4.74 Å². The Hall–Kier alpha value is -1.66. The molecular weight excluding hydrogens is 274 g/mol. The third kappa shape index (κ3) is 2.62. The van der Waals surface area contributed by atoms with E-state index >= 15 is 0 Å². The fourth-order valence-electron chi connectivity index (χ4n) is 2.77. The molecule has 106 valence electrons. The van der Waals surface area contributed by atoms with E-state index < -0.39 is 0 Å². The average molecular weight is 292 g/mol. The van der Waals surface area contributed by atoms with Crippen LogP contribution in [0.4, 0.5) is 0 Å². The zero-order valence-electron chi connectivity index (χ0n) is 12.0. The number of nitrogens with zero attached hydrogens (tertiary/aromatic N) is 1. The predicted molar refractivity (Wildman–Crippen MR) is 79.9 cm³/mol. The molecule has 1 amide bonds. The molecule has 1 unspecified atom stereocenters. The van der Waals surface area contributed by atoms with Crippen molar-refractivity contribution in [2.75, 3.05) is 14.2 Å². The Labute approximate surface area is 124 Å². The van der Waals surface area contributed by atoms with Gasteiger partial charge in [0, 0.05) is 23.2 Å². The molecule has 0 heterocycles. The maximum atomic E-state index is 12.0. The van der Waals surface area contributed by atoms with E-state index in [1.54, 1.807) is 26.0 Å². The number of rotatable bonds is 2. The predicted octanol–water partition coefficient (Wildman–Crippen LogP) is 3.21. The number of ether oxygens (including phenoxy) is 1. The van der Waals surface area contributed by atoms with Gasteiger partial charge in [-0.1, -0.05) is 17.5 Å². The fourth-order valence-corrected chi connectivity index (χ4v) is 3.07. The molecule has 0 spiro atoms. The van der Waals surface area contributed by atoms with E-state index in [0.29, 0.717) is 5.02 Å². The van der Waals surface area contributed by atoms with Gasteiger partial charge in [0.15, 0.2) is 0 Å². The highest BCUT2D eigenvalue weighted by molar-refractivity contribution is 6.31. The zero-order chi connectivity index (χ0) is 14.7. The van der Waals surface area contributed by atoms with Crippen molar-refractivity contribution >= 4 is 17.5 Å². The molecule has 1 aliphatic rings. The monoisotopic (exact) mass is 291 g/mol. The van der Waals surface area contributed by atoms with Gasteiger partial charge in [0.1, 0.15) is 5.75 Å². The van der Waals surface area contributed by atoms with E-state index in [2.05, 4.69) is 11.8 Å². The molecule has 0 aliphatic heterocycles. The van der Waals surface area contributed by atoms with Crippen LogP contribution in [0.2, 0.25) is 5.02 Å². The standard InChI is InChI=1S/C16H18ClNO2/c1-4-6-15(19)18(2)13-8-5-7-11-14(20-3)10-9-12(17)16(11)13/h9-10,13H,5,7-8H2,1-3H3. The van der Waals surface area contributed by atoms with Crippen LogP contribution in [-0.4, -0.2) is 25.0 Å². The summed E-state index contributed by atoms with van der Waals surface area (Å²) in [5.74, 6) is 5.90. The molecule has 3 nitrogen and oxygen atoms in total. The van der Waals surface area contributed by atoms with E-state index in [0.717, 1.165) is 36.1 Å². The number of fused-ring (bicyclic) bond motifs is 1. The summed E-state index contributed by atoms with van der Waals surface area (Å²) in [4.78, 5) is 13.7. The molecule has 0 fully saturated rings. The van der Waals surface area contributed by atoms with Crippen LogP contribution in [0.25, 0.3) is 0 Å². The van der Waals surface area contributed by atoms with Gasteiger partial charge in [-0.25, -0.2) is 0 Å². The quantitative estimate of drug-likeness (QED) is 0.783. The van der Waals surface area contributed by atoms with Gasteiger partial charge in [0.25, 0.3) is 5.91 Å². The van der Waals surface area contributed by atoms with E-state index in [1.165, 1.54) is 0 Å². The number of carbonyl (C=O) groups excluding carboxylic acids is 1. The van der Waals surface area contributed by atoms with Gasteiger partial charge in [0.2, 0.25) is 0 Å². The summed E-state index contributed by atoms with van der Waals surface area (Å²) in [5.41, 5.74) is 2.12. The SMILES string of the molecule is CC#CC(=O)N(C)C1CCCc2c(OC)ccc(Cl)c21. The second-order valence-corrected chi connectivity index (χ2v) is 5.25. The Kier molecular flexibility index (Phi) is 4.57. The Morgan fingerprint density at radius 3 is 2.90 bits per heavy atom. The van der Waals surface area contributed by atoms with Crippen LogP contribution in [0.3, 0.4) is 0 Å². The molecule has 1 atom stereocenters. The van der Waals surface area contributed by atoms with Gasteiger partial charge in [0.05, 0.1) is 13.2 Å². The lowest BCUT2D eigenvalue weighted by Crippen LogP contribution is -2.32. The highest BCUT2D eigenvalue weighted by atomic mass is 35.5. The maximum Gasteiger partial charge on any atom is 0.298 e. The Balaban J connectivity index is 2.46. The van der Waals surface area contributed by atoms with Crippen LogP contribution in [0.5, 0.6) is 5.75 Å². The smallest absolute Gasteiger partial charge is 0.298 e. The summed E-state index contributed by atoms with van der Waals surface area (Å²) in [6, 6.07) is 3.69. The Morgan fingerprint density at radius 1 is 1.50 bits per heavy atom. The second-order valence-electron chi connectivity index (χ2n) is 4.84. The second kappa shape index (κ2) is 6.19. The van der Waals surface area contributed by atoms with Gasteiger partial charge >= 0.3 is 0 Å². The minimum atomic E-state index is -0.177. The van der Waals surface area contributed by atoms with Gasteiger partial charge in [-0.2, -0.15) is 0 Å². The molecule has 2 rings (SSSR count). The summed E-state index contributed by atoms with van der Waals surface area (Å²) < 4.78 is 5.41. The molecule has 0 saturated heterocycles. The van der Waals surface area contributed by atoms with E-state index in [4.69, 9.17) is 16.3 Å². The lowest BCUT2D eigenvalue weighted by atomic mass is 9.86. The lowest BCUT2D eigenvalue weighted by molar-refractivity contribution is -0.126. The van der Waals surface area contributed by atoms with Crippen LogP contribution in [0.15, 0.2) is 12.1 Å². The number of carbonyl (C=O) groups is 1. The van der Waals surface area contributed by atoms with Gasteiger partial charge in [-0.15, -0.1) is 0 Å². The number of methoxy groups -OCH3 is 1. The summed E-state index contributed by atoms with van der Waals surface area (Å²) in [5, 5.41) is 0.689. The number of amides is 1. The first-order chi connectivity index (χ1) is 9.60. The third-order valence-electron chi connectivity index (χ3n) is 3.74. The first kappa shape index (κ1) is 14.7. The lowest BCUT2D eigenvalue weighted by Gasteiger charge is -2.33. The van der Waals surface area contributed by atoms with Crippen LogP contribution in [-0.2, 0) is 11.2 Å². The molecule has 20 heavy (non-hydrogen) atoms. The molecule has 0 N–H and O–H groups in total. The molecule has 1 aromatic carbocycles. The summed E-state index contributed by atoms with van der Waals surface area (Å²) in [6.07, 6.45) is 2.83. The van der Waals surface area contributed by atoms with E-state index in [9.17, 15) is 4.79 Å². The van der Waals surface area contributed by atoms with Crippen molar-refractivity contribution < 1.29 is 9.53 Å². The molecule has 0 aromatic heterocycles. The van der Waals surface area contributed by atoms with Crippen molar-refractivity contribution in [3.63, 3.8) is 0 Å². The van der Waals surface area contributed by atoms with Crippen LogP contribution in [0, 0.1) is 11.8 Å². The number of benzene rings is 1. The Bertz CT molecular complexity index is 586. The third-order valence-corrected chi connectivity index (χ3v) is 4.07. The molecular formula is C16H18ClNO2. The minimum absolute atomic E-state index is 0.0327.